The van der Waals surface area contributed by atoms with Crippen molar-refractivity contribution in [1.29, 1.82) is 0 Å². The molecule has 0 radical (unpaired) electrons. The summed E-state index contributed by atoms with van der Waals surface area (Å²) in [6.07, 6.45) is 4.26. The van der Waals surface area contributed by atoms with Crippen LogP contribution in [-0.4, -0.2) is 70.6 Å². The molecule has 31 heavy (non-hydrogen) atoms. The van der Waals surface area contributed by atoms with Gasteiger partial charge < -0.3 is 14.2 Å². The molecule has 1 aromatic carbocycles. The van der Waals surface area contributed by atoms with E-state index in [0.717, 1.165) is 53.2 Å². The fourth-order valence-electron chi connectivity index (χ4n) is 3.97. The number of ether oxygens (including phenoxy) is 3. The van der Waals surface area contributed by atoms with Crippen LogP contribution < -0.4 is 9.47 Å². The first kappa shape index (κ1) is 21.9. The van der Waals surface area contributed by atoms with Crippen LogP contribution in [0.15, 0.2) is 41.8 Å². The van der Waals surface area contributed by atoms with Gasteiger partial charge in [-0.15, -0.1) is 0 Å². The first-order valence-corrected chi connectivity index (χ1v) is 11.7. The maximum atomic E-state index is 6.06. The Hall–Kier alpha value is -2.29. The molecule has 0 amide bonds. The van der Waals surface area contributed by atoms with E-state index in [4.69, 9.17) is 19.2 Å². The number of methoxy groups -OCH3 is 1. The molecular formula is C23H30N4O3S. The van der Waals surface area contributed by atoms with Crippen LogP contribution in [-0.2, 0) is 4.74 Å². The van der Waals surface area contributed by atoms with Gasteiger partial charge in [0, 0.05) is 43.7 Å². The van der Waals surface area contributed by atoms with Gasteiger partial charge in [0.05, 0.1) is 25.0 Å². The van der Waals surface area contributed by atoms with E-state index in [2.05, 4.69) is 30.7 Å². The van der Waals surface area contributed by atoms with Gasteiger partial charge in [0.1, 0.15) is 12.3 Å². The third-order valence-electron chi connectivity index (χ3n) is 5.25. The lowest BCUT2D eigenvalue weighted by molar-refractivity contribution is -0.0699. The number of aromatic nitrogens is 3. The Labute approximate surface area is 187 Å². The van der Waals surface area contributed by atoms with E-state index in [1.54, 1.807) is 25.1 Å². The monoisotopic (exact) mass is 442 g/mol. The van der Waals surface area contributed by atoms with Crippen LogP contribution >= 0.6 is 11.8 Å². The van der Waals surface area contributed by atoms with Crippen LogP contribution in [0, 0.1) is 0 Å². The van der Waals surface area contributed by atoms with Crippen LogP contribution in [0.4, 0.5) is 0 Å². The van der Waals surface area contributed by atoms with E-state index in [1.807, 2.05) is 34.9 Å². The lowest BCUT2D eigenvalue weighted by atomic mass is 10.1. The first-order valence-electron chi connectivity index (χ1n) is 10.7. The van der Waals surface area contributed by atoms with E-state index in [9.17, 15) is 0 Å². The Morgan fingerprint density at radius 3 is 2.71 bits per heavy atom. The number of nitrogens with zero attached hydrogens (tertiary/aromatic N) is 4. The molecule has 1 fully saturated rings. The van der Waals surface area contributed by atoms with Crippen molar-refractivity contribution in [3.05, 3.63) is 36.7 Å². The summed E-state index contributed by atoms with van der Waals surface area (Å²) in [7, 11) is 1.67. The van der Waals surface area contributed by atoms with Gasteiger partial charge in [0.2, 0.25) is 0 Å². The summed E-state index contributed by atoms with van der Waals surface area (Å²) in [6, 6.07) is 7.97. The molecule has 2 aromatic heterocycles. The molecule has 0 N–H and O–H groups in total. The average Bonchev–Trinajstić information content (AvgIpc) is 3.22. The zero-order valence-electron chi connectivity index (χ0n) is 18.6. The van der Waals surface area contributed by atoms with Gasteiger partial charge in [-0.1, -0.05) is 18.7 Å². The fraction of sp³-hybridized carbons (Fsp3) is 0.478. The summed E-state index contributed by atoms with van der Waals surface area (Å²) in [5.74, 6) is 2.39. The third-order valence-corrected chi connectivity index (χ3v) is 6.09. The molecule has 2 unspecified atom stereocenters. The minimum Gasteiger partial charge on any atom is -0.493 e. The van der Waals surface area contributed by atoms with E-state index in [-0.39, 0.29) is 12.2 Å². The average molecular weight is 443 g/mol. The second kappa shape index (κ2) is 9.89. The van der Waals surface area contributed by atoms with Crippen molar-refractivity contribution in [2.45, 2.75) is 38.1 Å². The molecule has 0 spiro atoms. The molecule has 0 bridgehead atoms. The predicted octanol–water partition coefficient (Wildman–Crippen LogP) is 4.00. The number of rotatable bonds is 8. The van der Waals surface area contributed by atoms with Gasteiger partial charge in [-0.05, 0) is 37.8 Å². The summed E-state index contributed by atoms with van der Waals surface area (Å²) in [5.41, 5.74) is 2.73. The zero-order valence-corrected chi connectivity index (χ0v) is 19.4. The highest BCUT2D eigenvalue weighted by Crippen LogP contribution is 2.33. The molecule has 1 aliphatic heterocycles. The van der Waals surface area contributed by atoms with E-state index < -0.39 is 0 Å². The maximum absolute atomic E-state index is 6.06. The molecule has 7 nitrogen and oxygen atoms in total. The molecule has 1 saturated heterocycles. The normalized spacial score (nSPS) is 19.6. The standard InChI is InChI=1S/C23H30N4O3S/c1-5-31-23-25-19(13-22-24-8-9-27(22)23)18-6-7-20(21(12-18)28-4)29-11-10-26-14-16(2)30-17(3)15-26/h6-9,12-13,16-17H,5,10-11,14-15H2,1-4H3. The van der Waals surface area contributed by atoms with Gasteiger partial charge in [0.25, 0.3) is 0 Å². The summed E-state index contributed by atoms with van der Waals surface area (Å²) in [6.45, 7) is 9.68. The molecule has 8 heteroatoms. The quantitative estimate of drug-likeness (QED) is 0.386. The lowest BCUT2D eigenvalue weighted by Crippen LogP contribution is -2.46. The summed E-state index contributed by atoms with van der Waals surface area (Å²) in [5, 5.41) is 0.931. The number of fused-ring (bicyclic) bond motifs is 1. The lowest BCUT2D eigenvalue weighted by Gasteiger charge is -2.35. The van der Waals surface area contributed by atoms with E-state index >= 15 is 0 Å². The molecular weight excluding hydrogens is 412 g/mol. The van der Waals surface area contributed by atoms with Crippen LogP contribution in [0.5, 0.6) is 11.5 Å². The summed E-state index contributed by atoms with van der Waals surface area (Å²) in [4.78, 5) is 11.7. The van der Waals surface area contributed by atoms with Gasteiger partial charge >= 0.3 is 0 Å². The van der Waals surface area contributed by atoms with Crippen molar-refractivity contribution >= 4 is 17.4 Å². The van der Waals surface area contributed by atoms with Crippen LogP contribution in [0.25, 0.3) is 16.9 Å². The number of hydrogen-bond donors (Lipinski definition) is 0. The van der Waals surface area contributed by atoms with Crippen molar-refractivity contribution in [3.63, 3.8) is 0 Å². The van der Waals surface area contributed by atoms with Crippen LogP contribution in [0.3, 0.4) is 0 Å². The van der Waals surface area contributed by atoms with Crippen LogP contribution in [0.1, 0.15) is 20.8 Å². The van der Waals surface area contributed by atoms with Gasteiger partial charge in [-0.25, -0.2) is 9.97 Å². The first-order chi connectivity index (χ1) is 15.1. The number of hydrogen-bond acceptors (Lipinski definition) is 7. The maximum Gasteiger partial charge on any atom is 0.174 e. The van der Waals surface area contributed by atoms with Crippen molar-refractivity contribution < 1.29 is 14.2 Å². The third kappa shape index (κ3) is 5.14. The van der Waals surface area contributed by atoms with Gasteiger partial charge in [-0.2, -0.15) is 0 Å². The minimum absolute atomic E-state index is 0.258. The molecule has 1 aliphatic rings. The van der Waals surface area contributed by atoms with Crippen molar-refractivity contribution in [2.75, 3.05) is 39.1 Å². The smallest absolute Gasteiger partial charge is 0.174 e. The van der Waals surface area contributed by atoms with Gasteiger partial charge in [0.15, 0.2) is 16.7 Å². The fourth-order valence-corrected chi connectivity index (χ4v) is 4.69. The molecule has 0 saturated carbocycles. The molecule has 4 rings (SSSR count). The molecule has 3 aromatic rings. The highest BCUT2D eigenvalue weighted by atomic mass is 32.2. The summed E-state index contributed by atoms with van der Waals surface area (Å²) < 4.78 is 19.5. The van der Waals surface area contributed by atoms with Crippen LogP contribution in [0.2, 0.25) is 0 Å². The highest BCUT2D eigenvalue weighted by molar-refractivity contribution is 7.99. The Kier molecular flexibility index (Phi) is 6.99. The molecule has 166 valence electrons. The van der Waals surface area contributed by atoms with Crippen molar-refractivity contribution in [2.24, 2.45) is 0 Å². The largest absolute Gasteiger partial charge is 0.493 e. The second-order valence-electron chi connectivity index (χ2n) is 7.74. The Morgan fingerprint density at radius 2 is 1.97 bits per heavy atom. The summed E-state index contributed by atoms with van der Waals surface area (Å²) >= 11 is 1.70. The molecule has 2 atom stereocenters. The Bertz CT molecular complexity index is 1020. The van der Waals surface area contributed by atoms with Gasteiger partial charge in [-0.3, -0.25) is 9.30 Å². The minimum atomic E-state index is 0.258. The molecule has 0 aliphatic carbocycles. The number of benzene rings is 1. The zero-order chi connectivity index (χ0) is 21.8. The number of morpholine rings is 1. The van der Waals surface area contributed by atoms with Crippen molar-refractivity contribution in [1.82, 2.24) is 19.3 Å². The van der Waals surface area contributed by atoms with Crippen molar-refractivity contribution in [3.8, 4) is 22.8 Å². The predicted molar refractivity (Wildman–Crippen MR) is 123 cm³/mol. The second-order valence-corrected chi connectivity index (χ2v) is 8.97. The topological polar surface area (TPSA) is 61.1 Å². The Balaban J connectivity index is 1.49. The van der Waals surface area contributed by atoms with E-state index in [1.165, 1.54) is 0 Å². The SMILES string of the molecule is CCSc1nc(-c2ccc(OCCN3CC(C)OC(C)C3)c(OC)c2)cc2nccn12. The van der Waals surface area contributed by atoms with E-state index in [0.29, 0.717) is 12.4 Å². The Morgan fingerprint density at radius 1 is 1.16 bits per heavy atom. The molecule has 3 heterocycles. The number of thioether (sulfide) groups is 1. The number of imidazole rings is 1. The highest BCUT2D eigenvalue weighted by Gasteiger charge is 2.22.